The maximum absolute atomic E-state index is 13.0. The van der Waals surface area contributed by atoms with E-state index in [1.807, 2.05) is 38.1 Å². The summed E-state index contributed by atoms with van der Waals surface area (Å²) in [5.41, 5.74) is 3.36. The number of nitrogens with zero attached hydrogens (tertiary/aromatic N) is 1. The highest BCUT2D eigenvalue weighted by Crippen LogP contribution is 2.38. The van der Waals surface area contributed by atoms with Crippen LogP contribution in [0.4, 0.5) is 4.39 Å². The van der Waals surface area contributed by atoms with Crippen molar-refractivity contribution in [3.63, 3.8) is 0 Å². The molecule has 1 nitrogen and oxygen atoms in total. The van der Waals surface area contributed by atoms with Crippen LogP contribution < -0.4 is 0 Å². The van der Waals surface area contributed by atoms with Gasteiger partial charge in [0.25, 0.3) is 0 Å². The number of hydrogen-bond acceptors (Lipinski definition) is 2. The van der Waals surface area contributed by atoms with E-state index >= 15 is 0 Å². The molecule has 0 aliphatic heterocycles. The van der Waals surface area contributed by atoms with Crippen molar-refractivity contribution in [1.82, 2.24) is 4.98 Å². The number of aryl methyl sites for hydroxylation is 1. The van der Waals surface area contributed by atoms with Crippen molar-refractivity contribution in [2.75, 3.05) is 0 Å². The second-order valence-corrected chi connectivity index (χ2v) is 5.60. The average Bonchev–Trinajstić information content (AvgIpc) is 2.93. The minimum Gasteiger partial charge on any atom is -0.265 e. The van der Waals surface area contributed by atoms with Crippen molar-refractivity contribution in [2.24, 2.45) is 0 Å². The first kappa shape index (κ1) is 15.4. The molecule has 3 heteroatoms. The van der Waals surface area contributed by atoms with Gasteiger partial charge in [-0.3, -0.25) is 4.98 Å². The summed E-state index contributed by atoms with van der Waals surface area (Å²) in [6, 6.07) is 12.8. The summed E-state index contributed by atoms with van der Waals surface area (Å²) < 4.78 is 13.0. The Hall–Kier alpha value is -2.00. The van der Waals surface area contributed by atoms with E-state index in [2.05, 4.69) is 18.0 Å². The lowest BCUT2D eigenvalue weighted by molar-refractivity contribution is 0.628. The molecule has 2 heterocycles. The van der Waals surface area contributed by atoms with Crippen LogP contribution in [0.5, 0.6) is 0 Å². The summed E-state index contributed by atoms with van der Waals surface area (Å²) in [4.78, 5) is 6.46. The minimum atomic E-state index is -0.206. The molecule has 0 N–H and O–H groups in total. The monoisotopic (exact) mass is 299 g/mol. The summed E-state index contributed by atoms with van der Waals surface area (Å²) in [6.07, 6.45) is 3.58. The van der Waals surface area contributed by atoms with Gasteiger partial charge in [0.2, 0.25) is 0 Å². The molecule has 3 aromatic rings. The third-order valence-electron chi connectivity index (χ3n) is 2.95. The van der Waals surface area contributed by atoms with Crippen molar-refractivity contribution in [3.8, 4) is 21.6 Å². The zero-order chi connectivity index (χ0) is 15.2. The average molecular weight is 299 g/mol. The molecule has 0 saturated heterocycles. The molecule has 0 amide bonds. The predicted octanol–water partition coefficient (Wildman–Crippen LogP) is 5.95. The van der Waals surface area contributed by atoms with E-state index in [9.17, 15) is 4.39 Å². The lowest BCUT2D eigenvalue weighted by Gasteiger charge is -2.04. The van der Waals surface area contributed by atoms with E-state index in [-0.39, 0.29) is 5.82 Å². The van der Waals surface area contributed by atoms with Gasteiger partial charge in [0.05, 0.1) is 0 Å². The van der Waals surface area contributed by atoms with E-state index < -0.39 is 0 Å². The molecule has 0 atom stereocenters. The molecular weight excluding hydrogens is 281 g/mol. The molecule has 0 bridgehead atoms. The van der Waals surface area contributed by atoms with Gasteiger partial charge in [-0.1, -0.05) is 26.0 Å². The maximum atomic E-state index is 13.0. The van der Waals surface area contributed by atoms with Gasteiger partial charge in [0.1, 0.15) is 5.82 Å². The molecule has 2 aromatic heterocycles. The van der Waals surface area contributed by atoms with Crippen LogP contribution in [-0.2, 0) is 0 Å². The molecule has 0 aliphatic rings. The Morgan fingerprint density at radius 3 is 2.14 bits per heavy atom. The van der Waals surface area contributed by atoms with Crippen LogP contribution >= 0.6 is 11.3 Å². The number of benzene rings is 1. The first-order valence-corrected chi connectivity index (χ1v) is 7.82. The topological polar surface area (TPSA) is 12.9 Å². The third kappa shape index (κ3) is 3.56. The van der Waals surface area contributed by atoms with Gasteiger partial charge in [-0.15, -0.1) is 11.3 Å². The second kappa shape index (κ2) is 7.14. The summed E-state index contributed by atoms with van der Waals surface area (Å²) in [5, 5.41) is 0. The van der Waals surface area contributed by atoms with Gasteiger partial charge in [-0.2, -0.15) is 0 Å². The molecule has 0 fully saturated rings. The SMILES string of the molecule is CC.Cc1cc(-c2ccncc2)c(-c2ccc(F)cc2)s1. The summed E-state index contributed by atoms with van der Waals surface area (Å²) in [6.45, 7) is 6.09. The fraction of sp³-hybridized carbons (Fsp3) is 0.167. The lowest BCUT2D eigenvalue weighted by Crippen LogP contribution is -1.80. The van der Waals surface area contributed by atoms with Crippen LogP contribution in [0.1, 0.15) is 18.7 Å². The van der Waals surface area contributed by atoms with Gasteiger partial charge in [0, 0.05) is 27.7 Å². The van der Waals surface area contributed by atoms with Crippen LogP contribution in [0.15, 0.2) is 54.9 Å². The number of halogens is 1. The Balaban J connectivity index is 0.000000774. The number of hydrogen-bond donors (Lipinski definition) is 0. The van der Waals surface area contributed by atoms with Gasteiger partial charge in [0.15, 0.2) is 0 Å². The highest BCUT2D eigenvalue weighted by Gasteiger charge is 2.11. The number of aromatic nitrogens is 1. The normalized spacial score (nSPS) is 9.90. The van der Waals surface area contributed by atoms with Crippen LogP contribution in [0.3, 0.4) is 0 Å². The summed E-state index contributed by atoms with van der Waals surface area (Å²) in [7, 11) is 0. The molecule has 108 valence electrons. The number of thiophene rings is 1. The van der Waals surface area contributed by atoms with Gasteiger partial charge in [-0.05, 0) is 48.4 Å². The van der Waals surface area contributed by atoms with Crippen LogP contribution in [0.2, 0.25) is 0 Å². The second-order valence-electron chi connectivity index (χ2n) is 4.34. The Morgan fingerprint density at radius 2 is 1.52 bits per heavy atom. The van der Waals surface area contributed by atoms with Crippen molar-refractivity contribution in [2.45, 2.75) is 20.8 Å². The Labute approximate surface area is 129 Å². The van der Waals surface area contributed by atoms with Crippen LogP contribution in [0, 0.1) is 12.7 Å². The molecular formula is C18H18FNS. The molecule has 21 heavy (non-hydrogen) atoms. The summed E-state index contributed by atoms with van der Waals surface area (Å²) >= 11 is 1.73. The molecule has 0 unspecified atom stereocenters. The quantitative estimate of drug-likeness (QED) is 0.569. The van der Waals surface area contributed by atoms with Crippen molar-refractivity contribution in [1.29, 1.82) is 0 Å². The number of rotatable bonds is 2. The molecule has 3 rings (SSSR count). The van der Waals surface area contributed by atoms with Gasteiger partial charge < -0.3 is 0 Å². The first-order chi connectivity index (χ1) is 10.2. The highest BCUT2D eigenvalue weighted by molar-refractivity contribution is 7.16. The van der Waals surface area contributed by atoms with E-state index in [4.69, 9.17) is 0 Å². The fourth-order valence-corrected chi connectivity index (χ4v) is 3.12. The Bertz CT molecular complexity index is 687. The molecule has 0 radical (unpaired) electrons. The van der Waals surface area contributed by atoms with Crippen molar-refractivity contribution >= 4 is 11.3 Å². The molecule has 0 spiro atoms. The zero-order valence-electron chi connectivity index (χ0n) is 12.4. The Kier molecular flexibility index (Phi) is 5.23. The molecule has 0 saturated carbocycles. The fourth-order valence-electron chi connectivity index (χ4n) is 2.08. The lowest BCUT2D eigenvalue weighted by atomic mass is 10.0. The first-order valence-electron chi connectivity index (χ1n) is 7.01. The van der Waals surface area contributed by atoms with Gasteiger partial charge >= 0.3 is 0 Å². The largest absolute Gasteiger partial charge is 0.265 e. The van der Waals surface area contributed by atoms with Crippen molar-refractivity contribution < 1.29 is 4.39 Å². The van der Waals surface area contributed by atoms with E-state index in [0.29, 0.717) is 0 Å². The minimum absolute atomic E-state index is 0.206. The highest BCUT2D eigenvalue weighted by atomic mass is 32.1. The smallest absolute Gasteiger partial charge is 0.123 e. The van der Waals surface area contributed by atoms with Crippen molar-refractivity contribution in [3.05, 3.63) is 65.6 Å². The predicted molar refractivity (Wildman–Crippen MR) is 89.0 cm³/mol. The third-order valence-corrected chi connectivity index (χ3v) is 4.05. The summed E-state index contributed by atoms with van der Waals surface area (Å²) in [5.74, 6) is -0.206. The van der Waals surface area contributed by atoms with Crippen LogP contribution in [0.25, 0.3) is 21.6 Å². The molecule has 0 aliphatic carbocycles. The number of pyridine rings is 1. The maximum Gasteiger partial charge on any atom is 0.123 e. The van der Waals surface area contributed by atoms with E-state index in [1.165, 1.54) is 27.5 Å². The zero-order valence-corrected chi connectivity index (χ0v) is 13.2. The standard InChI is InChI=1S/C16H12FNS.C2H6/c1-11-10-15(12-6-8-18-9-7-12)16(19-11)13-2-4-14(17)5-3-13;1-2/h2-10H,1H3;1-2H3. The molecule has 1 aromatic carbocycles. The van der Waals surface area contributed by atoms with E-state index in [1.54, 1.807) is 23.7 Å². The van der Waals surface area contributed by atoms with Gasteiger partial charge in [-0.25, -0.2) is 4.39 Å². The van der Waals surface area contributed by atoms with E-state index in [0.717, 1.165) is 11.1 Å². The van der Waals surface area contributed by atoms with Crippen LogP contribution in [-0.4, -0.2) is 4.98 Å². The Morgan fingerprint density at radius 1 is 0.905 bits per heavy atom.